The molecule has 2 atom stereocenters. The monoisotopic (exact) mass is 350 g/mol. The van der Waals surface area contributed by atoms with Crippen LogP contribution < -0.4 is 14.8 Å². The Bertz CT molecular complexity index is 670. The molecule has 23 heavy (non-hydrogen) atoms. The van der Waals surface area contributed by atoms with Gasteiger partial charge in [-0.1, -0.05) is 36.7 Å². The van der Waals surface area contributed by atoms with Crippen LogP contribution in [0.2, 0.25) is 5.02 Å². The van der Waals surface area contributed by atoms with Gasteiger partial charge in [-0.05, 0) is 51.5 Å². The average molecular weight is 351 g/mol. The van der Waals surface area contributed by atoms with Crippen molar-refractivity contribution in [3.63, 3.8) is 0 Å². The van der Waals surface area contributed by atoms with Crippen molar-refractivity contribution < 1.29 is 14.3 Å². The molecule has 2 rings (SSSR count). The summed E-state index contributed by atoms with van der Waals surface area (Å²) in [6.45, 7) is 4.11. The van der Waals surface area contributed by atoms with Gasteiger partial charge in [-0.25, -0.2) is 0 Å². The molecule has 0 heterocycles. The highest BCUT2D eigenvalue weighted by Gasteiger charge is 2.16. The molecule has 122 valence electrons. The highest BCUT2D eigenvalue weighted by atomic mass is 35.5. The van der Waals surface area contributed by atoms with Crippen molar-refractivity contribution >= 4 is 31.0 Å². The molecule has 0 bridgehead atoms. The number of carbonyl (C=O) groups excluding carboxylic acids is 1. The number of hydrogen-bond acceptors (Lipinski definition) is 3. The number of hydrogen-bond donors (Lipinski definition) is 0. The minimum atomic E-state index is -0.0388. The molecule has 0 aromatic heterocycles. The fourth-order valence-electron chi connectivity index (χ4n) is 2.02. The molecule has 0 aliphatic carbocycles. The van der Waals surface area contributed by atoms with Gasteiger partial charge >= 0.3 is 0 Å². The molecule has 0 radical (unpaired) electrons. The predicted molar refractivity (Wildman–Crippen MR) is 97.1 cm³/mol. The largest absolute Gasteiger partial charge is 0.496 e. The van der Waals surface area contributed by atoms with Gasteiger partial charge in [0.1, 0.15) is 11.5 Å². The van der Waals surface area contributed by atoms with Gasteiger partial charge in [0.15, 0.2) is 5.52 Å². The second-order valence-corrected chi connectivity index (χ2v) is 6.82. The van der Waals surface area contributed by atoms with Gasteiger partial charge < -0.3 is 9.47 Å². The van der Waals surface area contributed by atoms with Crippen molar-refractivity contribution in [2.45, 2.75) is 26.4 Å². The van der Waals surface area contributed by atoms with Crippen molar-refractivity contribution in [3.8, 4) is 11.5 Å². The summed E-state index contributed by atoms with van der Waals surface area (Å²) in [7, 11) is 1.52. The third-order valence-corrected chi connectivity index (χ3v) is 4.86. The average Bonchev–Trinajstić information content (AvgIpc) is 2.56. The van der Waals surface area contributed by atoms with Crippen LogP contribution in [0.4, 0.5) is 0 Å². The maximum atomic E-state index is 12.5. The Morgan fingerprint density at radius 1 is 1.22 bits per heavy atom. The predicted octanol–water partition coefficient (Wildman–Crippen LogP) is 4.67. The van der Waals surface area contributed by atoms with Gasteiger partial charge in [-0.15, -0.1) is 0 Å². The Morgan fingerprint density at radius 3 is 2.52 bits per heavy atom. The van der Waals surface area contributed by atoms with E-state index in [0.717, 1.165) is 17.5 Å². The summed E-state index contributed by atoms with van der Waals surface area (Å²) in [5.74, 6) is 1.32. The number of ether oxygens (including phenoxy) is 2. The van der Waals surface area contributed by atoms with Gasteiger partial charge in [0.2, 0.25) is 0 Å². The molecule has 2 aromatic carbocycles. The summed E-state index contributed by atoms with van der Waals surface area (Å²) >= 11 is 6.15. The summed E-state index contributed by atoms with van der Waals surface area (Å²) in [6.07, 6.45) is 1.13. The van der Waals surface area contributed by atoms with E-state index in [0.29, 0.717) is 16.3 Å². The van der Waals surface area contributed by atoms with Crippen molar-refractivity contribution in [3.05, 3.63) is 53.1 Å². The van der Waals surface area contributed by atoms with Crippen LogP contribution in [-0.4, -0.2) is 18.7 Å². The maximum Gasteiger partial charge on any atom is 0.190 e. The lowest BCUT2D eigenvalue weighted by Gasteiger charge is -2.13. The fourth-order valence-corrected chi connectivity index (χ4v) is 3.33. The molecule has 3 nitrogen and oxygen atoms in total. The van der Waals surface area contributed by atoms with Gasteiger partial charge in [-0.2, -0.15) is 0 Å². The number of methoxy groups -OCH3 is 1. The Balaban J connectivity index is 2.12. The molecule has 0 fully saturated rings. The maximum absolute atomic E-state index is 12.5. The molecule has 2 unspecified atom stereocenters. The van der Waals surface area contributed by atoms with E-state index in [1.807, 2.05) is 31.2 Å². The molecule has 5 heteroatoms. The first-order valence-electron chi connectivity index (χ1n) is 7.45. The highest BCUT2D eigenvalue weighted by molar-refractivity contribution is 7.66. The first-order valence-corrected chi connectivity index (χ1v) is 8.83. The lowest BCUT2D eigenvalue weighted by molar-refractivity contribution is 0.108. The molecule has 0 amide bonds. The minimum Gasteiger partial charge on any atom is -0.496 e. The van der Waals surface area contributed by atoms with Crippen molar-refractivity contribution in [2.75, 3.05) is 7.11 Å². The Hall–Kier alpha value is -1.57. The second kappa shape index (κ2) is 8.33. The third-order valence-electron chi connectivity index (χ3n) is 3.45. The van der Waals surface area contributed by atoms with Crippen LogP contribution in [0.1, 0.15) is 30.6 Å². The van der Waals surface area contributed by atoms with Crippen LogP contribution in [0.15, 0.2) is 42.5 Å². The zero-order valence-corrected chi connectivity index (χ0v) is 15.2. The SMILES string of the molecule is CCC(C)Oc1ccc(PC(=O)c2c(Cl)cccc2OC)cc1. The second-order valence-electron chi connectivity index (χ2n) is 5.13. The van der Waals surface area contributed by atoms with Crippen molar-refractivity contribution in [1.82, 2.24) is 0 Å². The van der Waals surface area contributed by atoms with Gasteiger partial charge in [0.25, 0.3) is 0 Å². The first-order chi connectivity index (χ1) is 11.0. The van der Waals surface area contributed by atoms with E-state index in [9.17, 15) is 4.79 Å². The normalized spacial score (nSPS) is 12.3. The lowest BCUT2D eigenvalue weighted by atomic mass is 10.2. The molecule has 2 aromatic rings. The van der Waals surface area contributed by atoms with Crippen molar-refractivity contribution in [2.24, 2.45) is 0 Å². The molecular weight excluding hydrogens is 331 g/mol. The zero-order chi connectivity index (χ0) is 16.8. The summed E-state index contributed by atoms with van der Waals surface area (Å²) in [4.78, 5) is 12.5. The van der Waals surface area contributed by atoms with Crippen LogP contribution in [0.25, 0.3) is 0 Å². The zero-order valence-electron chi connectivity index (χ0n) is 13.4. The molecule has 0 saturated heterocycles. The third kappa shape index (κ3) is 4.70. The van der Waals surface area contributed by atoms with Gasteiger partial charge in [0, 0.05) is 0 Å². The molecule has 0 spiro atoms. The number of carbonyl (C=O) groups is 1. The summed E-state index contributed by atoms with van der Waals surface area (Å²) in [6, 6.07) is 12.8. The summed E-state index contributed by atoms with van der Waals surface area (Å²) in [5.41, 5.74) is 0.401. The minimum absolute atomic E-state index is 0.0149. The molecule has 0 aliphatic rings. The highest BCUT2D eigenvalue weighted by Crippen LogP contribution is 2.32. The van der Waals surface area contributed by atoms with Crippen LogP contribution in [0.5, 0.6) is 11.5 Å². The van der Waals surface area contributed by atoms with Crippen LogP contribution in [-0.2, 0) is 0 Å². The first kappa shape index (κ1) is 17.8. The Labute approximate surface area is 143 Å². The topological polar surface area (TPSA) is 35.5 Å². The van der Waals surface area contributed by atoms with Crippen LogP contribution >= 0.6 is 20.2 Å². The van der Waals surface area contributed by atoms with Gasteiger partial charge in [0.05, 0.1) is 23.8 Å². The summed E-state index contributed by atoms with van der Waals surface area (Å²) in [5, 5.41) is 1.35. The number of halogens is 1. The van der Waals surface area contributed by atoms with Crippen LogP contribution in [0.3, 0.4) is 0 Å². The van der Waals surface area contributed by atoms with E-state index >= 15 is 0 Å². The standard InChI is InChI=1S/C18H20ClO3P/c1-4-12(2)22-13-8-10-14(11-9-13)23-18(20)17-15(19)6-5-7-16(17)21-3/h5-12,23H,4H2,1-3H3. The lowest BCUT2D eigenvalue weighted by Crippen LogP contribution is -2.10. The number of rotatable bonds is 7. The van der Waals surface area contributed by atoms with E-state index < -0.39 is 0 Å². The van der Waals surface area contributed by atoms with E-state index in [4.69, 9.17) is 21.1 Å². The summed E-state index contributed by atoms with van der Waals surface area (Å²) < 4.78 is 11.0. The Kier molecular flexibility index (Phi) is 6.44. The smallest absolute Gasteiger partial charge is 0.190 e. The van der Waals surface area contributed by atoms with E-state index in [2.05, 4.69) is 6.92 Å². The number of benzene rings is 2. The Morgan fingerprint density at radius 2 is 1.91 bits per heavy atom. The molecule has 0 saturated carbocycles. The molecule has 0 N–H and O–H groups in total. The van der Waals surface area contributed by atoms with E-state index in [-0.39, 0.29) is 20.2 Å². The van der Waals surface area contributed by atoms with Gasteiger partial charge in [-0.3, -0.25) is 4.79 Å². The van der Waals surface area contributed by atoms with Crippen molar-refractivity contribution in [1.29, 1.82) is 0 Å². The van der Waals surface area contributed by atoms with Crippen LogP contribution in [0, 0.1) is 0 Å². The molecule has 0 aliphatic heterocycles. The van der Waals surface area contributed by atoms with E-state index in [1.165, 1.54) is 7.11 Å². The molecular formula is C18H20ClO3P. The fraction of sp³-hybridized carbons (Fsp3) is 0.278. The van der Waals surface area contributed by atoms with E-state index in [1.54, 1.807) is 18.2 Å². The quantitative estimate of drug-likeness (QED) is 0.681.